The number of hydrogen-bond donors (Lipinski definition) is 0. The summed E-state index contributed by atoms with van der Waals surface area (Å²) in [6.45, 7) is 1.98. The summed E-state index contributed by atoms with van der Waals surface area (Å²) in [4.78, 5) is 0. The van der Waals surface area contributed by atoms with Crippen molar-refractivity contribution < 1.29 is 13.2 Å². The Bertz CT molecular complexity index is 210. The van der Waals surface area contributed by atoms with Gasteiger partial charge in [-0.05, 0) is 17.9 Å². The van der Waals surface area contributed by atoms with Gasteiger partial charge < -0.3 is 0 Å². The molecule has 68 valence electrons. The van der Waals surface area contributed by atoms with Gasteiger partial charge in [0.15, 0.2) is 0 Å². The van der Waals surface area contributed by atoms with E-state index in [1.807, 2.05) is 13.0 Å². The lowest BCUT2D eigenvalue weighted by atomic mass is 9.97. The summed E-state index contributed by atoms with van der Waals surface area (Å²) in [7, 11) is 0. The highest BCUT2D eigenvalue weighted by molar-refractivity contribution is 5.23. The van der Waals surface area contributed by atoms with Gasteiger partial charge in [0.05, 0.1) is 6.42 Å². The van der Waals surface area contributed by atoms with Crippen LogP contribution in [-0.2, 0) is 0 Å². The highest BCUT2D eigenvalue weighted by Gasteiger charge is 2.28. The first kappa shape index (κ1) is 9.36. The Hall–Kier alpha value is -0.730. The number of hydrogen-bond acceptors (Lipinski definition) is 0. The maximum Gasteiger partial charge on any atom is 0.393 e. The van der Waals surface area contributed by atoms with E-state index < -0.39 is 12.6 Å². The van der Waals surface area contributed by atoms with Gasteiger partial charge in [-0.15, -0.1) is 0 Å². The van der Waals surface area contributed by atoms with Crippen LogP contribution in [0.4, 0.5) is 13.2 Å². The summed E-state index contributed by atoms with van der Waals surface area (Å²) in [6, 6.07) is 0. The lowest BCUT2D eigenvalue weighted by Crippen LogP contribution is -2.09. The van der Waals surface area contributed by atoms with E-state index in [2.05, 4.69) is 0 Å². The predicted octanol–water partition coefficient (Wildman–Crippen LogP) is 3.46. The molecule has 0 aromatic heterocycles. The van der Waals surface area contributed by atoms with Gasteiger partial charge in [0.1, 0.15) is 0 Å². The third-order valence-corrected chi connectivity index (χ3v) is 1.80. The van der Waals surface area contributed by atoms with Crippen LogP contribution in [0.1, 0.15) is 19.8 Å². The molecule has 1 aliphatic rings. The molecular formula is C9H11F3. The number of halogens is 3. The molecule has 1 aliphatic carbocycles. The molecule has 3 heteroatoms. The average Bonchev–Trinajstić information content (AvgIpc) is 1.91. The standard InChI is InChI=1S/C9H11F3/c1-7-2-4-8(5-3-7)6-9(10,11)12/h2,4-5,7H,3,6H2,1H3. The highest BCUT2D eigenvalue weighted by atomic mass is 19.4. The van der Waals surface area contributed by atoms with E-state index in [1.165, 1.54) is 0 Å². The maximum atomic E-state index is 11.9. The van der Waals surface area contributed by atoms with Crippen LogP contribution >= 0.6 is 0 Å². The second-order valence-electron chi connectivity index (χ2n) is 3.14. The first-order valence-corrected chi connectivity index (χ1v) is 3.91. The predicted molar refractivity (Wildman–Crippen MR) is 41.7 cm³/mol. The van der Waals surface area contributed by atoms with Gasteiger partial charge >= 0.3 is 6.18 Å². The van der Waals surface area contributed by atoms with E-state index in [1.54, 1.807) is 12.2 Å². The smallest absolute Gasteiger partial charge is 0.171 e. The summed E-state index contributed by atoms with van der Waals surface area (Å²) in [5.74, 6) is 0.377. The average molecular weight is 176 g/mol. The zero-order valence-electron chi connectivity index (χ0n) is 6.86. The molecule has 0 bridgehead atoms. The summed E-state index contributed by atoms with van der Waals surface area (Å²) in [5, 5.41) is 0. The van der Waals surface area contributed by atoms with Crippen LogP contribution < -0.4 is 0 Å². The fourth-order valence-electron chi connectivity index (χ4n) is 1.13. The number of allylic oxidation sites excluding steroid dienone is 4. The quantitative estimate of drug-likeness (QED) is 0.574. The third-order valence-electron chi connectivity index (χ3n) is 1.80. The first-order valence-electron chi connectivity index (χ1n) is 3.91. The van der Waals surface area contributed by atoms with Gasteiger partial charge in [0.25, 0.3) is 0 Å². The van der Waals surface area contributed by atoms with Crippen molar-refractivity contribution in [1.29, 1.82) is 0 Å². The Morgan fingerprint density at radius 1 is 1.50 bits per heavy atom. The minimum absolute atomic E-state index is 0.377. The van der Waals surface area contributed by atoms with Crippen molar-refractivity contribution in [3.63, 3.8) is 0 Å². The topological polar surface area (TPSA) is 0 Å². The van der Waals surface area contributed by atoms with Crippen molar-refractivity contribution >= 4 is 0 Å². The zero-order valence-corrected chi connectivity index (χ0v) is 6.86. The third kappa shape index (κ3) is 3.11. The van der Waals surface area contributed by atoms with E-state index >= 15 is 0 Å². The van der Waals surface area contributed by atoms with Crippen molar-refractivity contribution in [3.05, 3.63) is 23.8 Å². The van der Waals surface area contributed by atoms with Gasteiger partial charge in [-0.3, -0.25) is 0 Å². The Balaban J connectivity index is 2.51. The molecule has 0 aromatic carbocycles. The second kappa shape index (κ2) is 3.33. The molecule has 0 aliphatic heterocycles. The molecule has 1 unspecified atom stereocenters. The summed E-state index contributed by atoms with van der Waals surface area (Å²) < 4.78 is 35.6. The molecular weight excluding hydrogens is 165 g/mol. The Morgan fingerprint density at radius 3 is 2.58 bits per heavy atom. The number of alkyl halides is 3. The minimum atomic E-state index is -4.07. The lowest BCUT2D eigenvalue weighted by molar-refractivity contribution is -0.126. The van der Waals surface area contributed by atoms with Crippen LogP contribution in [0.2, 0.25) is 0 Å². The molecule has 1 rings (SSSR count). The van der Waals surface area contributed by atoms with Crippen molar-refractivity contribution in [2.24, 2.45) is 5.92 Å². The molecule has 0 heterocycles. The van der Waals surface area contributed by atoms with Gasteiger partial charge in [-0.2, -0.15) is 13.2 Å². The SMILES string of the molecule is CC1C=CC(CC(F)(F)F)=CC1. The molecule has 0 spiro atoms. The van der Waals surface area contributed by atoms with E-state index in [9.17, 15) is 13.2 Å². The minimum Gasteiger partial charge on any atom is -0.171 e. The second-order valence-corrected chi connectivity index (χ2v) is 3.14. The molecule has 0 saturated heterocycles. The Morgan fingerprint density at radius 2 is 2.17 bits per heavy atom. The van der Waals surface area contributed by atoms with Gasteiger partial charge in [0.2, 0.25) is 0 Å². The van der Waals surface area contributed by atoms with Crippen LogP contribution in [0, 0.1) is 5.92 Å². The molecule has 0 fully saturated rings. The van der Waals surface area contributed by atoms with Crippen molar-refractivity contribution in [1.82, 2.24) is 0 Å². The van der Waals surface area contributed by atoms with E-state index in [4.69, 9.17) is 0 Å². The Labute approximate surface area is 69.8 Å². The molecule has 0 aromatic rings. The largest absolute Gasteiger partial charge is 0.393 e. The van der Waals surface area contributed by atoms with Crippen LogP contribution in [0.3, 0.4) is 0 Å². The summed E-state index contributed by atoms with van der Waals surface area (Å²) in [5.41, 5.74) is 0.389. The lowest BCUT2D eigenvalue weighted by Gasteiger charge is -2.13. The van der Waals surface area contributed by atoms with E-state index in [0.29, 0.717) is 11.5 Å². The summed E-state index contributed by atoms with van der Waals surface area (Å²) >= 11 is 0. The molecule has 12 heavy (non-hydrogen) atoms. The van der Waals surface area contributed by atoms with Crippen molar-refractivity contribution in [2.45, 2.75) is 25.9 Å². The normalized spacial score (nSPS) is 24.0. The van der Waals surface area contributed by atoms with Crippen LogP contribution in [0.25, 0.3) is 0 Å². The fraction of sp³-hybridized carbons (Fsp3) is 0.556. The maximum absolute atomic E-state index is 11.9. The molecule has 0 saturated carbocycles. The first-order chi connectivity index (χ1) is 5.47. The van der Waals surface area contributed by atoms with Crippen LogP contribution in [0.15, 0.2) is 23.8 Å². The monoisotopic (exact) mass is 176 g/mol. The molecule has 1 atom stereocenters. The van der Waals surface area contributed by atoms with Gasteiger partial charge in [0, 0.05) is 0 Å². The van der Waals surface area contributed by atoms with Crippen molar-refractivity contribution in [2.75, 3.05) is 0 Å². The fourth-order valence-corrected chi connectivity index (χ4v) is 1.13. The Kier molecular flexibility index (Phi) is 2.60. The summed E-state index contributed by atoms with van der Waals surface area (Å²) in [6.07, 6.45) is 0.912. The molecule has 0 N–H and O–H groups in total. The van der Waals surface area contributed by atoms with Gasteiger partial charge in [-0.1, -0.05) is 25.2 Å². The number of rotatable bonds is 1. The highest BCUT2D eigenvalue weighted by Crippen LogP contribution is 2.28. The molecule has 0 nitrogen and oxygen atoms in total. The van der Waals surface area contributed by atoms with Gasteiger partial charge in [-0.25, -0.2) is 0 Å². The van der Waals surface area contributed by atoms with E-state index in [-0.39, 0.29) is 0 Å². The van der Waals surface area contributed by atoms with Crippen LogP contribution in [-0.4, -0.2) is 6.18 Å². The van der Waals surface area contributed by atoms with Crippen LogP contribution in [0.5, 0.6) is 0 Å². The van der Waals surface area contributed by atoms with Crippen molar-refractivity contribution in [3.8, 4) is 0 Å². The zero-order chi connectivity index (χ0) is 9.19. The molecule has 0 radical (unpaired) electrons. The van der Waals surface area contributed by atoms with E-state index in [0.717, 1.165) is 6.42 Å². The molecule has 0 amide bonds.